The molecule has 0 aromatic carbocycles. The van der Waals surface area contributed by atoms with Gasteiger partial charge in [-0.05, 0) is 12.2 Å². The molecule has 2 atom stereocenters. The van der Waals surface area contributed by atoms with Crippen molar-refractivity contribution < 1.29 is 9.90 Å². The molecule has 0 amide bonds. The van der Waals surface area contributed by atoms with Gasteiger partial charge >= 0.3 is 0 Å². The van der Waals surface area contributed by atoms with Crippen LogP contribution >= 0.6 is 0 Å². The lowest BCUT2D eigenvalue weighted by Gasteiger charge is -2.19. The Labute approximate surface area is 59.9 Å². The maximum Gasteiger partial charge on any atom is 0.207 e. The monoisotopic (exact) mass is 142 g/mol. The maximum atomic E-state index is 5.23. The van der Waals surface area contributed by atoms with Crippen LogP contribution in [0.5, 0.6) is 0 Å². The van der Waals surface area contributed by atoms with Crippen LogP contribution in [0.3, 0.4) is 0 Å². The van der Waals surface area contributed by atoms with Crippen LogP contribution in [0.25, 0.3) is 0 Å². The molecule has 0 aliphatic carbocycles. The zero-order valence-corrected chi connectivity index (χ0v) is 5.87. The average Bonchev–Trinajstić information content (AvgIpc) is 2.04. The second-order valence-electron chi connectivity index (χ2n) is 1.99. The van der Waals surface area contributed by atoms with Crippen molar-refractivity contribution in [3.63, 3.8) is 0 Å². The lowest BCUT2D eigenvalue weighted by Crippen LogP contribution is -3.12. The molecule has 10 heavy (non-hydrogen) atoms. The molecule has 1 rings (SSSR count). The summed E-state index contributed by atoms with van der Waals surface area (Å²) in [6.07, 6.45) is 7.67. The Kier molecular flexibility index (Phi) is 2.58. The Morgan fingerprint density at radius 1 is 1.60 bits per heavy atom. The van der Waals surface area contributed by atoms with Crippen LogP contribution in [0.2, 0.25) is 0 Å². The molecule has 1 aliphatic rings. The molecule has 4 nitrogen and oxygen atoms in total. The summed E-state index contributed by atoms with van der Waals surface area (Å²) in [6, 6.07) is 0. The molecular weight excluding hydrogens is 130 g/mol. The standard InChI is InChI=1S/C6H11N3O/c1-10-9-5-3-2-4-6(9)8-7/h2-6,8H,7H2,1H3/p+1. The van der Waals surface area contributed by atoms with E-state index >= 15 is 0 Å². The first-order chi connectivity index (χ1) is 4.88. The molecule has 0 aromatic heterocycles. The van der Waals surface area contributed by atoms with Crippen molar-refractivity contribution in [2.24, 2.45) is 5.84 Å². The molecule has 1 heterocycles. The minimum absolute atomic E-state index is 0.0231. The van der Waals surface area contributed by atoms with Crippen LogP contribution in [0.1, 0.15) is 0 Å². The Bertz CT molecular complexity index is 137. The molecular formula is C6H12N3O+. The molecule has 1 aliphatic heterocycles. The van der Waals surface area contributed by atoms with Gasteiger partial charge in [-0.3, -0.25) is 5.84 Å². The van der Waals surface area contributed by atoms with Crippen molar-refractivity contribution in [2.75, 3.05) is 7.11 Å². The van der Waals surface area contributed by atoms with Gasteiger partial charge < -0.3 is 0 Å². The maximum absolute atomic E-state index is 5.23. The predicted octanol–water partition coefficient (Wildman–Crippen LogP) is -1.69. The second-order valence-corrected chi connectivity index (χ2v) is 1.99. The van der Waals surface area contributed by atoms with Gasteiger partial charge in [-0.2, -0.15) is 0 Å². The molecule has 0 aromatic rings. The molecule has 0 saturated heterocycles. The van der Waals surface area contributed by atoms with E-state index in [1.54, 1.807) is 7.11 Å². The summed E-state index contributed by atoms with van der Waals surface area (Å²) in [5.74, 6) is 5.23. The number of hydrogen-bond acceptors (Lipinski definition) is 3. The van der Waals surface area contributed by atoms with E-state index in [9.17, 15) is 0 Å². The number of nitrogens with two attached hydrogens (primary N) is 1. The van der Waals surface area contributed by atoms with Crippen molar-refractivity contribution in [2.45, 2.75) is 6.17 Å². The van der Waals surface area contributed by atoms with E-state index in [0.717, 1.165) is 5.06 Å². The summed E-state index contributed by atoms with van der Waals surface area (Å²) < 4.78 is 0. The van der Waals surface area contributed by atoms with Crippen LogP contribution in [0.15, 0.2) is 24.4 Å². The fourth-order valence-electron chi connectivity index (χ4n) is 0.857. The number of hydrazine groups is 1. The molecule has 2 unspecified atom stereocenters. The first-order valence-electron chi connectivity index (χ1n) is 3.10. The Morgan fingerprint density at radius 3 is 2.90 bits per heavy atom. The van der Waals surface area contributed by atoms with Crippen LogP contribution < -0.4 is 16.3 Å². The molecule has 0 spiro atoms. The first-order valence-corrected chi connectivity index (χ1v) is 3.10. The van der Waals surface area contributed by atoms with E-state index < -0.39 is 0 Å². The highest BCUT2D eigenvalue weighted by Crippen LogP contribution is 1.82. The summed E-state index contributed by atoms with van der Waals surface area (Å²) in [5.41, 5.74) is 2.60. The normalized spacial score (nSPS) is 31.0. The van der Waals surface area contributed by atoms with Gasteiger partial charge in [0.05, 0.1) is 7.11 Å². The highest BCUT2D eigenvalue weighted by Gasteiger charge is 2.16. The molecule has 0 radical (unpaired) electrons. The number of quaternary nitrogens is 1. The fourth-order valence-corrected chi connectivity index (χ4v) is 0.857. The van der Waals surface area contributed by atoms with Gasteiger partial charge in [0.15, 0.2) is 0 Å². The van der Waals surface area contributed by atoms with Gasteiger partial charge in [-0.25, -0.2) is 10.3 Å². The summed E-state index contributed by atoms with van der Waals surface area (Å²) in [5, 5.41) is 0.838. The minimum atomic E-state index is 0.0231. The number of allylic oxidation sites excluding steroid dienone is 2. The smallest absolute Gasteiger partial charge is 0.207 e. The Morgan fingerprint density at radius 2 is 2.40 bits per heavy atom. The van der Waals surface area contributed by atoms with Crippen molar-refractivity contribution in [3.8, 4) is 0 Å². The molecule has 0 fully saturated rings. The number of rotatable bonds is 2. The quantitative estimate of drug-likeness (QED) is 0.318. The highest BCUT2D eigenvalue weighted by atomic mass is 16.7. The average molecular weight is 142 g/mol. The topological polar surface area (TPSA) is 51.7 Å². The molecule has 0 saturated carbocycles. The number of nitrogens with one attached hydrogen (secondary N) is 2. The molecule has 0 bridgehead atoms. The minimum Gasteiger partial charge on any atom is -0.266 e. The van der Waals surface area contributed by atoms with Crippen molar-refractivity contribution in [1.29, 1.82) is 0 Å². The highest BCUT2D eigenvalue weighted by molar-refractivity contribution is 5.04. The van der Waals surface area contributed by atoms with Crippen LogP contribution in [0.4, 0.5) is 0 Å². The van der Waals surface area contributed by atoms with E-state index in [1.807, 2.05) is 24.4 Å². The third-order valence-corrected chi connectivity index (χ3v) is 1.40. The largest absolute Gasteiger partial charge is 0.266 e. The zero-order chi connectivity index (χ0) is 7.40. The number of hydroxylamine groups is 2. The third-order valence-electron chi connectivity index (χ3n) is 1.40. The van der Waals surface area contributed by atoms with E-state index in [0.29, 0.717) is 0 Å². The van der Waals surface area contributed by atoms with Crippen LogP contribution in [0, 0.1) is 0 Å². The summed E-state index contributed by atoms with van der Waals surface area (Å²) >= 11 is 0. The lowest BCUT2D eigenvalue weighted by molar-refractivity contribution is -1.06. The van der Waals surface area contributed by atoms with Gasteiger partial charge in [-0.1, -0.05) is 6.08 Å². The van der Waals surface area contributed by atoms with E-state index in [1.165, 1.54) is 0 Å². The van der Waals surface area contributed by atoms with Crippen LogP contribution in [-0.4, -0.2) is 13.3 Å². The van der Waals surface area contributed by atoms with Gasteiger partial charge in [0, 0.05) is 0 Å². The Hall–Kier alpha value is -0.680. The SMILES string of the molecule is CO[NH+]1C=CC=CC1NN. The summed E-state index contributed by atoms with van der Waals surface area (Å²) in [4.78, 5) is 5.03. The molecule has 4 heteroatoms. The van der Waals surface area contributed by atoms with Gasteiger partial charge in [-0.15, -0.1) is 5.06 Å². The summed E-state index contributed by atoms with van der Waals surface area (Å²) in [6.45, 7) is 0. The van der Waals surface area contributed by atoms with E-state index in [2.05, 4.69) is 5.43 Å². The zero-order valence-electron chi connectivity index (χ0n) is 5.87. The van der Waals surface area contributed by atoms with Crippen molar-refractivity contribution in [3.05, 3.63) is 24.4 Å². The van der Waals surface area contributed by atoms with E-state index in [4.69, 9.17) is 10.7 Å². The van der Waals surface area contributed by atoms with Crippen molar-refractivity contribution >= 4 is 0 Å². The lowest BCUT2D eigenvalue weighted by atomic mass is 10.3. The van der Waals surface area contributed by atoms with Gasteiger partial charge in [0.1, 0.15) is 6.20 Å². The number of hydrogen-bond donors (Lipinski definition) is 3. The first kappa shape index (κ1) is 7.43. The third kappa shape index (κ3) is 1.43. The van der Waals surface area contributed by atoms with E-state index in [-0.39, 0.29) is 6.17 Å². The second kappa shape index (κ2) is 3.48. The van der Waals surface area contributed by atoms with Gasteiger partial charge in [0.2, 0.25) is 6.17 Å². The van der Waals surface area contributed by atoms with Crippen LogP contribution in [-0.2, 0) is 4.84 Å². The van der Waals surface area contributed by atoms with Crippen molar-refractivity contribution in [1.82, 2.24) is 5.43 Å². The fraction of sp³-hybridized carbons (Fsp3) is 0.333. The molecule has 56 valence electrons. The van der Waals surface area contributed by atoms with Gasteiger partial charge in [0.25, 0.3) is 0 Å². The Balaban J connectivity index is 2.55. The molecule has 4 N–H and O–H groups in total. The predicted molar refractivity (Wildman–Crippen MR) is 37.4 cm³/mol. The summed E-state index contributed by atoms with van der Waals surface area (Å²) in [7, 11) is 1.63.